The molecule has 2 aromatic carbocycles. The molecule has 9 heteroatoms. The summed E-state index contributed by atoms with van der Waals surface area (Å²) in [4.78, 5) is 30.3. The third-order valence-corrected chi connectivity index (χ3v) is 6.57. The number of amides is 2. The van der Waals surface area contributed by atoms with Crippen LogP contribution >= 0.6 is 23.1 Å². The first-order valence-corrected chi connectivity index (χ1v) is 12.0. The molecule has 0 unspecified atom stereocenters. The van der Waals surface area contributed by atoms with Gasteiger partial charge in [0.1, 0.15) is 5.75 Å². The van der Waals surface area contributed by atoms with Crippen molar-refractivity contribution in [2.75, 3.05) is 18.2 Å². The maximum absolute atomic E-state index is 12.4. The number of thiophene rings is 1. The van der Waals surface area contributed by atoms with Crippen LogP contribution in [0.25, 0.3) is 5.69 Å². The Kier molecular flexibility index (Phi) is 7.43. The van der Waals surface area contributed by atoms with Gasteiger partial charge in [-0.25, -0.2) is 4.98 Å². The van der Waals surface area contributed by atoms with Gasteiger partial charge in [0, 0.05) is 28.5 Å². The molecule has 4 aromatic rings. The zero-order valence-electron chi connectivity index (χ0n) is 17.9. The van der Waals surface area contributed by atoms with Crippen LogP contribution in [0.2, 0.25) is 0 Å². The predicted octanol–water partition coefficient (Wildman–Crippen LogP) is 4.60. The number of carbonyl (C=O) groups is 2. The summed E-state index contributed by atoms with van der Waals surface area (Å²) in [7, 11) is 1.56. The van der Waals surface area contributed by atoms with Gasteiger partial charge in [-0.05, 0) is 47.8 Å². The molecular weight excluding hydrogens is 456 g/mol. The Morgan fingerprint density at radius 1 is 1.09 bits per heavy atom. The lowest BCUT2D eigenvalue weighted by Gasteiger charge is -2.11. The summed E-state index contributed by atoms with van der Waals surface area (Å²) in [6.07, 6.45) is 3.51. The van der Waals surface area contributed by atoms with Crippen LogP contribution in [0.15, 0.2) is 83.6 Å². The number of benzene rings is 2. The van der Waals surface area contributed by atoms with Crippen molar-refractivity contribution in [3.8, 4) is 11.4 Å². The van der Waals surface area contributed by atoms with E-state index in [9.17, 15) is 9.59 Å². The van der Waals surface area contributed by atoms with Crippen LogP contribution in [0.1, 0.15) is 15.2 Å². The highest BCUT2D eigenvalue weighted by Crippen LogP contribution is 2.25. The van der Waals surface area contributed by atoms with Gasteiger partial charge < -0.3 is 15.4 Å². The number of anilines is 1. The van der Waals surface area contributed by atoms with Crippen molar-refractivity contribution >= 4 is 40.6 Å². The van der Waals surface area contributed by atoms with E-state index in [2.05, 4.69) is 15.6 Å². The molecule has 0 saturated carbocycles. The standard InChI is InChI=1S/C24H22N4O3S2/c1-31-21-7-3-2-6-20(21)27-22(29)16-33-24-25-12-13-28(24)18-10-8-17(9-11-18)23(30)26-15-19-5-4-14-32-19/h2-14H,15-16H2,1H3,(H,26,30)(H,27,29). The van der Waals surface area contributed by atoms with Gasteiger partial charge in [0.25, 0.3) is 5.91 Å². The minimum absolute atomic E-state index is 0.122. The van der Waals surface area contributed by atoms with E-state index in [1.54, 1.807) is 48.9 Å². The van der Waals surface area contributed by atoms with Crippen molar-refractivity contribution in [1.29, 1.82) is 0 Å². The van der Waals surface area contributed by atoms with Gasteiger partial charge in [-0.15, -0.1) is 11.3 Å². The van der Waals surface area contributed by atoms with Crippen molar-refractivity contribution in [1.82, 2.24) is 14.9 Å². The van der Waals surface area contributed by atoms with E-state index in [1.807, 2.05) is 52.5 Å². The average Bonchev–Trinajstić information content (AvgIpc) is 3.54. The molecule has 2 heterocycles. The number of carbonyl (C=O) groups excluding carboxylic acids is 2. The predicted molar refractivity (Wildman–Crippen MR) is 131 cm³/mol. The Morgan fingerprint density at radius 3 is 2.67 bits per heavy atom. The molecule has 0 aliphatic carbocycles. The Bertz CT molecular complexity index is 1220. The molecule has 0 bridgehead atoms. The largest absolute Gasteiger partial charge is 0.495 e. The van der Waals surface area contributed by atoms with Crippen molar-refractivity contribution < 1.29 is 14.3 Å². The number of hydrogen-bond acceptors (Lipinski definition) is 6. The molecule has 0 aliphatic rings. The summed E-state index contributed by atoms with van der Waals surface area (Å²) < 4.78 is 7.15. The molecule has 7 nitrogen and oxygen atoms in total. The Balaban J connectivity index is 1.35. The number of hydrogen-bond donors (Lipinski definition) is 2. The lowest BCUT2D eigenvalue weighted by atomic mass is 10.2. The molecule has 2 aromatic heterocycles. The minimum Gasteiger partial charge on any atom is -0.495 e. The third kappa shape index (κ3) is 5.82. The van der Waals surface area contributed by atoms with E-state index >= 15 is 0 Å². The smallest absolute Gasteiger partial charge is 0.251 e. The second-order valence-corrected chi connectivity index (χ2v) is 8.90. The fourth-order valence-electron chi connectivity index (χ4n) is 3.11. The van der Waals surface area contributed by atoms with Gasteiger partial charge in [0.15, 0.2) is 5.16 Å². The van der Waals surface area contributed by atoms with E-state index in [-0.39, 0.29) is 17.6 Å². The lowest BCUT2D eigenvalue weighted by molar-refractivity contribution is -0.113. The van der Waals surface area contributed by atoms with Crippen molar-refractivity contribution in [3.05, 3.63) is 88.9 Å². The van der Waals surface area contributed by atoms with Crippen LogP contribution < -0.4 is 15.4 Å². The highest BCUT2D eigenvalue weighted by Gasteiger charge is 2.12. The maximum Gasteiger partial charge on any atom is 0.251 e. The Hall–Kier alpha value is -3.56. The maximum atomic E-state index is 12.4. The molecule has 2 amide bonds. The van der Waals surface area contributed by atoms with Crippen LogP contribution in [0.4, 0.5) is 5.69 Å². The number of nitrogens with one attached hydrogen (secondary N) is 2. The summed E-state index contributed by atoms with van der Waals surface area (Å²) in [5.41, 5.74) is 2.07. The zero-order valence-corrected chi connectivity index (χ0v) is 19.5. The van der Waals surface area contributed by atoms with E-state index in [0.29, 0.717) is 28.7 Å². The third-order valence-electron chi connectivity index (χ3n) is 4.73. The van der Waals surface area contributed by atoms with Crippen LogP contribution in [-0.2, 0) is 11.3 Å². The number of methoxy groups -OCH3 is 1. The summed E-state index contributed by atoms with van der Waals surface area (Å²) in [5.74, 6) is 0.523. The quantitative estimate of drug-likeness (QED) is 0.343. The molecule has 168 valence electrons. The second kappa shape index (κ2) is 10.8. The molecule has 0 fully saturated rings. The van der Waals surface area contributed by atoms with E-state index in [4.69, 9.17) is 4.74 Å². The first-order chi connectivity index (χ1) is 16.1. The number of para-hydroxylation sites is 2. The SMILES string of the molecule is COc1ccccc1NC(=O)CSc1nccn1-c1ccc(C(=O)NCc2cccs2)cc1. The topological polar surface area (TPSA) is 85.2 Å². The summed E-state index contributed by atoms with van der Waals surface area (Å²) in [5, 5.41) is 8.45. The lowest BCUT2D eigenvalue weighted by Crippen LogP contribution is -2.22. The first-order valence-electron chi connectivity index (χ1n) is 10.1. The van der Waals surface area contributed by atoms with Crippen molar-refractivity contribution in [3.63, 3.8) is 0 Å². The molecule has 0 spiro atoms. The summed E-state index contributed by atoms with van der Waals surface area (Å²) in [6, 6.07) is 18.5. The summed E-state index contributed by atoms with van der Waals surface area (Å²) >= 11 is 2.94. The highest BCUT2D eigenvalue weighted by atomic mass is 32.2. The van der Waals surface area contributed by atoms with Gasteiger partial charge in [-0.2, -0.15) is 0 Å². The molecule has 0 radical (unpaired) electrons. The highest BCUT2D eigenvalue weighted by molar-refractivity contribution is 7.99. The minimum atomic E-state index is -0.156. The fourth-order valence-corrected chi connectivity index (χ4v) is 4.53. The molecular formula is C24H22N4O3S2. The first kappa shape index (κ1) is 22.6. The Morgan fingerprint density at radius 2 is 1.91 bits per heavy atom. The van der Waals surface area contributed by atoms with Crippen LogP contribution in [-0.4, -0.2) is 34.2 Å². The summed E-state index contributed by atoms with van der Waals surface area (Å²) in [6.45, 7) is 0.511. The number of ether oxygens (including phenoxy) is 1. The van der Waals surface area contributed by atoms with E-state index in [1.165, 1.54) is 11.8 Å². The molecule has 2 N–H and O–H groups in total. The van der Waals surface area contributed by atoms with Gasteiger partial charge in [-0.3, -0.25) is 14.2 Å². The number of aromatic nitrogens is 2. The fraction of sp³-hybridized carbons (Fsp3) is 0.125. The monoisotopic (exact) mass is 478 g/mol. The van der Waals surface area contributed by atoms with E-state index in [0.717, 1.165) is 10.6 Å². The molecule has 0 saturated heterocycles. The normalized spacial score (nSPS) is 10.6. The molecule has 0 atom stereocenters. The second-order valence-electron chi connectivity index (χ2n) is 6.93. The number of thioether (sulfide) groups is 1. The zero-order chi connectivity index (χ0) is 23.0. The van der Waals surface area contributed by atoms with Crippen LogP contribution in [0.3, 0.4) is 0 Å². The van der Waals surface area contributed by atoms with Crippen molar-refractivity contribution in [2.45, 2.75) is 11.7 Å². The molecule has 4 rings (SSSR count). The van der Waals surface area contributed by atoms with Gasteiger partial charge in [0.05, 0.1) is 25.1 Å². The van der Waals surface area contributed by atoms with Crippen molar-refractivity contribution in [2.24, 2.45) is 0 Å². The number of imidazole rings is 1. The van der Waals surface area contributed by atoms with Gasteiger partial charge in [-0.1, -0.05) is 30.0 Å². The van der Waals surface area contributed by atoms with Gasteiger partial charge >= 0.3 is 0 Å². The van der Waals surface area contributed by atoms with Gasteiger partial charge in [0.2, 0.25) is 5.91 Å². The number of rotatable bonds is 9. The van der Waals surface area contributed by atoms with E-state index < -0.39 is 0 Å². The molecule has 0 aliphatic heterocycles. The number of nitrogens with zero attached hydrogens (tertiary/aromatic N) is 2. The molecule has 33 heavy (non-hydrogen) atoms. The van der Waals surface area contributed by atoms with Crippen LogP contribution in [0.5, 0.6) is 5.75 Å². The average molecular weight is 479 g/mol. The van der Waals surface area contributed by atoms with Crippen LogP contribution in [0, 0.1) is 0 Å². The Labute approximate surface area is 199 Å².